The van der Waals surface area contributed by atoms with Crippen molar-refractivity contribution < 1.29 is 27.8 Å². The number of nitrogens with one attached hydrogen (secondary N) is 1. The van der Waals surface area contributed by atoms with E-state index < -0.39 is 29.6 Å². The van der Waals surface area contributed by atoms with Gasteiger partial charge in [0.15, 0.2) is 34.6 Å². The highest BCUT2D eigenvalue weighted by molar-refractivity contribution is 5.64. The van der Waals surface area contributed by atoms with Crippen LogP contribution in [0.2, 0.25) is 0 Å². The van der Waals surface area contributed by atoms with E-state index in [1.54, 1.807) is 19.1 Å². The van der Waals surface area contributed by atoms with Gasteiger partial charge in [-0.15, -0.1) is 0 Å². The lowest BCUT2D eigenvalue weighted by Gasteiger charge is -2.17. The summed E-state index contributed by atoms with van der Waals surface area (Å²) in [4.78, 5) is 16.0. The Bertz CT molecular complexity index is 1160. The average Bonchev–Trinajstić information content (AvgIpc) is 2.74. The predicted molar refractivity (Wildman–Crippen MR) is 105 cm³/mol. The van der Waals surface area contributed by atoms with Gasteiger partial charge in [-0.3, -0.25) is 4.79 Å². The van der Waals surface area contributed by atoms with Gasteiger partial charge in [0.05, 0.1) is 27.4 Å². The largest absolute Gasteiger partial charge is 0.493 e. The Labute approximate surface area is 174 Å². The number of rotatable bonds is 7. The first-order chi connectivity index (χ1) is 14.8. The van der Waals surface area contributed by atoms with Crippen molar-refractivity contribution in [2.24, 2.45) is 0 Å². The van der Waals surface area contributed by atoms with Crippen molar-refractivity contribution in [1.82, 2.24) is 14.8 Å². The van der Waals surface area contributed by atoms with E-state index >= 15 is 0 Å². The van der Waals surface area contributed by atoms with Gasteiger partial charge in [0.1, 0.15) is 0 Å². The first kappa shape index (κ1) is 22.1. The summed E-state index contributed by atoms with van der Waals surface area (Å²) in [5.41, 5.74) is 0.190. The fraction of sp³-hybridized carbons (Fsp3) is 0.250. The summed E-state index contributed by atoms with van der Waals surface area (Å²) >= 11 is 0. The second-order valence-electron chi connectivity index (χ2n) is 6.52. The molecule has 0 fully saturated rings. The molecule has 0 saturated heterocycles. The number of aliphatic hydroxyl groups excluding tert-OH is 1. The average molecular weight is 436 g/mol. The van der Waals surface area contributed by atoms with Crippen LogP contribution in [0.4, 0.5) is 24.8 Å². The van der Waals surface area contributed by atoms with Crippen molar-refractivity contribution in [3.63, 3.8) is 0 Å². The molecule has 0 aliphatic rings. The Morgan fingerprint density at radius 1 is 1.06 bits per heavy atom. The second kappa shape index (κ2) is 9.04. The minimum atomic E-state index is -1.59. The Balaban J connectivity index is 2.07. The first-order valence-electron chi connectivity index (χ1n) is 8.99. The number of nitrogens with zero attached hydrogens (tertiary/aromatic N) is 3. The summed E-state index contributed by atoms with van der Waals surface area (Å²) in [7, 11) is 2.95. The van der Waals surface area contributed by atoms with Crippen LogP contribution in [-0.2, 0) is 13.2 Å². The Morgan fingerprint density at radius 3 is 2.26 bits per heavy atom. The molecule has 1 heterocycles. The van der Waals surface area contributed by atoms with Crippen LogP contribution in [0.15, 0.2) is 29.1 Å². The van der Waals surface area contributed by atoms with Gasteiger partial charge in [-0.2, -0.15) is 10.1 Å². The molecular formula is C20H19F3N4O4. The molecule has 1 aromatic heterocycles. The number of ether oxygens (including phenoxy) is 2. The van der Waals surface area contributed by atoms with Crippen molar-refractivity contribution in [2.45, 2.75) is 20.1 Å². The molecule has 0 bridgehead atoms. The van der Waals surface area contributed by atoms with E-state index in [0.29, 0.717) is 22.7 Å². The number of hydrogen-bond donors (Lipinski definition) is 2. The maximum atomic E-state index is 13.6. The molecule has 0 aliphatic heterocycles. The first-order valence-corrected chi connectivity index (χ1v) is 8.99. The summed E-state index contributed by atoms with van der Waals surface area (Å²) in [6.45, 7) is 0.823. The SMILES string of the molecule is COc1cc(C)c(Nc2nc(=O)c(CO)nn2Cc2cc(F)c(F)c(F)c2)cc1OC. The Hall–Kier alpha value is -3.60. The maximum absolute atomic E-state index is 13.6. The van der Waals surface area contributed by atoms with E-state index in [0.717, 1.165) is 16.8 Å². The lowest BCUT2D eigenvalue weighted by molar-refractivity contribution is 0.271. The van der Waals surface area contributed by atoms with Crippen molar-refractivity contribution in [3.05, 3.63) is 68.9 Å². The number of anilines is 2. The molecular weight excluding hydrogens is 417 g/mol. The second-order valence-corrected chi connectivity index (χ2v) is 6.52. The minimum Gasteiger partial charge on any atom is -0.493 e. The van der Waals surface area contributed by atoms with E-state index in [1.807, 2.05) is 0 Å². The van der Waals surface area contributed by atoms with Crippen LogP contribution >= 0.6 is 0 Å². The highest BCUT2D eigenvalue weighted by Gasteiger charge is 2.16. The lowest BCUT2D eigenvalue weighted by atomic mass is 10.1. The quantitative estimate of drug-likeness (QED) is 0.550. The number of aromatic nitrogens is 3. The van der Waals surface area contributed by atoms with Crippen LogP contribution in [0.3, 0.4) is 0 Å². The van der Waals surface area contributed by atoms with E-state index in [9.17, 15) is 23.1 Å². The molecule has 0 atom stereocenters. The van der Waals surface area contributed by atoms with Crippen LogP contribution in [0.5, 0.6) is 11.5 Å². The van der Waals surface area contributed by atoms with Crippen LogP contribution in [0, 0.1) is 24.4 Å². The van der Waals surface area contributed by atoms with E-state index in [2.05, 4.69) is 15.4 Å². The molecule has 2 N–H and O–H groups in total. The molecule has 0 unspecified atom stereocenters. The standard InChI is InChI=1S/C20H19F3N4O4/c1-10-4-16(30-2)17(31-3)7-14(10)24-20-25-19(29)15(9-28)26-27(20)8-11-5-12(21)18(23)13(22)6-11/h4-7,28H,8-9H2,1-3H3,(H,24,25,29). The van der Waals surface area contributed by atoms with Gasteiger partial charge < -0.3 is 19.9 Å². The number of aliphatic hydroxyl groups is 1. The third kappa shape index (κ3) is 4.61. The molecule has 0 amide bonds. The van der Waals surface area contributed by atoms with Crippen LogP contribution in [0.1, 0.15) is 16.8 Å². The zero-order valence-electron chi connectivity index (χ0n) is 16.9. The molecule has 3 aromatic rings. The smallest absolute Gasteiger partial charge is 0.298 e. The summed E-state index contributed by atoms with van der Waals surface area (Å²) in [5.74, 6) is -3.49. The lowest BCUT2D eigenvalue weighted by Crippen LogP contribution is -2.25. The molecule has 0 radical (unpaired) electrons. The third-order valence-corrected chi connectivity index (χ3v) is 4.44. The Morgan fingerprint density at radius 2 is 1.68 bits per heavy atom. The van der Waals surface area contributed by atoms with Gasteiger partial charge in [0.25, 0.3) is 5.56 Å². The summed E-state index contributed by atoms with van der Waals surface area (Å²) < 4.78 is 52.2. The molecule has 0 saturated carbocycles. The van der Waals surface area contributed by atoms with E-state index in [1.165, 1.54) is 14.2 Å². The van der Waals surface area contributed by atoms with Crippen LogP contribution in [-0.4, -0.2) is 34.1 Å². The van der Waals surface area contributed by atoms with Gasteiger partial charge >= 0.3 is 0 Å². The zero-order valence-corrected chi connectivity index (χ0v) is 16.9. The topological polar surface area (TPSA) is 98.5 Å². The number of hydrogen-bond acceptors (Lipinski definition) is 7. The van der Waals surface area contributed by atoms with Crippen molar-refractivity contribution in [2.75, 3.05) is 19.5 Å². The van der Waals surface area contributed by atoms with Gasteiger partial charge in [0, 0.05) is 11.8 Å². The maximum Gasteiger partial charge on any atom is 0.298 e. The summed E-state index contributed by atoms with van der Waals surface area (Å²) in [6, 6.07) is 4.93. The third-order valence-electron chi connectivity index (χ3n) is 4.44. The fourth-order valence-corrected chi connectivity index (χ4v) is 2.86. The van der Waals surface area contributed by atoms with E-state index in [-0.39, 0.29) is 23.8 Å². The molecule has 31 heavy (non-hydrogen) atoms. The molecule has 0 spiro atoms. The summed E-state index contributed by atoms with van der Waals surface area (Å²) in [5, 5.41) is 16.3. The van der Waals surface area contributed by atoms with E-state index in [4.69, 9.17) is 9.47 Å². The van der Waals surface area contributed by atoms with Gasteiger partial charge in [0.2, 0.25) is 5.95 Å². The van der Waals surface area contributed by atoms with Crippen molar-refractivity contribution in [1.29, 1.82) is 0 Å². The molecule has 3 rings (SSSR count). The fourth-order valence-electron chi connectivity index (χ4n) is 2.86. The molecule has 2 aromatic carbocycles. The number of halogens is 3. The number of benzene rings is 2. The summed E-state index contributed by atoms with van der Waals surface area (Å²) in [6.07, 6.45) is 0. The predicted octanol–water partition coefficient (Wildman–Crippen LogP) is 2.67. The van der Waals surface area contributed by atoms with Crippen molar-refractivity contribution in [3.8, 4) is 11.5 Å². The van der Waals surface area contributed by atoms with Crippen LogP contribution < -0.4 is 20.3 Å². The highest BCUT2D eigenvalue weighted by atomic mass is 19.2. The number of aryl methyl sites for hydroxylation is 1. The normalized spacial score (nSPS) is 10.8. The monoisotopic (exact) mass is 436 g/mol. The van der Waals surface area contributed by atoms with Crippen LogP contribution in [0.25, 0.3) is 0 Å². The molecule has 0 aliphatic carbocycles. The molecule has 11 heteroatoms. The zero-order chi connectivity index (χ0) is 22.7. The molecule has 164 valence electrons. The minimum absolute atomic E-state index is 0.0327. The van der Waals surface area contributed by atoms with Gasteiger partial charge in [-0.25, -0.2) is 17.9 Å². The van der Waals surface area contributed by atoms with Gasteiger partial charge in [-0.1, -0.05) is 0 Å². The van der Waals surface area contributed by atoms with Gasteiger partial charge in [-0.05, 0) is 36.2 Å². The number of methoxy groups -OCH3 is 2. The highest BCUT2D eigenvalue weighted by Crippen LogP contribution is 2.34. The molecule has 8 nitrogen and oxygen atoms in total. The Kier molecular flexibility index (Phi) is 6.44. The van der Waals surface area contributed by atoms with Crippen molar-refractivity contribution >= 4 is 11.6 Å².